The summed E-state index contributed by atoms with van der Waals surface area (Å²) in [7, 11) is 1.78. The molecule has 1 amide bonds. The second-order valence-electron chi connectivity index (χ2n) is 11.6. The van der Waals surface area contributed by atoms with Gasteiger partial charge in [-0.2, -0.15) is 0 Å². The average Bonchev–Trinajstić information content (AvgIpc) is 3.51. The summed E-state index contributed by atoms with van der Waals surface area (Å²) in [6.07, 6.45) is 9.01. The van der Waals surface area contributed by atoms with E-state index >= 15 is 0 Å². The third-order valence-electron chi connectivity index (χ3n) is 8.97. The van der Waals surface area contributed by atoms with Crippen LogP contribution in [-0.2, 0) is 0 Å². The van der Waals surface area contributed by atoms with Gasteiger partial charge in [-0.15, -0.1) is 0 Å². The molecule has 1 saturated carbocycles. The fourth-order valence-electron chi connectivity index (χ4n) is 6.72. The van der Waals surface area contributed by atoms with Crippen molar-refractivity contribution in [2.24, 2.45) is 17.8 Å². The second-order valence-corrected chi connectivity index (χ2v) is 11.6. The minimum atomic E-state index is -0.389. The molecule has 1 aromatic heterocycles. The zero-order chi connectivity index (χ0) is 25.0. The molecule has 3 aliphatic heterocycles. The highest BCUT2D eigenvalue weighted by molar-refractivity contribution is 5.98. The van der Waals surface area contributed by atoms with Crippen LogP contribution in [0.5, 0.6) is 0 Å². The maximum absolute atomic E-state index is 14.3. The maximum Gasteiger partial charge on any atom is 0.256 e. The summed E-state index contributed by atoms with van der Waals surface area (Å²) in [6.45, 7) is 10.8. The van der Waals surface area contributed by atoms with Crippen LogP contribution in [0.2, 0.25) is 0 Å². The van der Waals surface area contributed by atoms with Gasteiger partial charge in [0, 0.05) is 70.0 Å². The number of rotatable bonds is 6. The first-order valence-electron chi connectivity index (χ1n) is 13.5. The Bertz CT molecular complexity index is 1270. The molecular formula is C29H38FN5O. The van der Waals surface area contributed by atoms with E-state index in [0.717, 1.165) is 35.3 Å². The summed E-state index contributed by atoms with van der Waals surface area (Å²) >= 11 is 0. The van der Waals surface area contributed by atoms with Crippen molar-refractivity contribution in [2.75, 3.05) is 46.3 Å². The van der Waals surface area contributed by atoms with Crippen molar-refractivity contribution in [3.63, 3.8) is 0 Å². The number of aromatic nitrogens is 1. The van der Waals surface area contributed by atoms with Gasteiger partial charge >= 0.3 is 0 Å². The Morgan fingerprint density at radius 3 is 2.61 bits per heavy atom. The van der Waals surface area contributed by atoms with Crippen LogP contribution in [0.3, 0.4) is 0 Å². The molecule has 1 aliphatic carbocycles. The Labute approximate surface area is 212 Å². The first-order valence-corrected chi connectivity index (χ1v) is 13.5. The molecule has 2 saturated heterocycles. The lowest BCUT2D eigenvalue weighted by Gasteiger charge is -2.31. The third kappa shape index (κ3) is 4.16. The van der Waals surface area contributed by atoms with E-state index in [4.69, 9.17) is 0 Å². The first kappa shape index (κ1) is 23.7. The molecule has 6 rings (SSSR count). The fraction of sp³-hybridized carbons (Fsp3) is 0.552. The number of hydrogen-bond donors (Lipinski definition) is 2. The monoisotopic (exact) mass is 491 g/mol. The largest absolute Gasteiger partial charge is 0.386 e. The van der Waals surface area contributed by atoms with Crippen molar-refractivity contribution in [1.29, 1.82) is 0 Å². The topological polar surface area (TPSA) is 52.5 Å². The molecule has 0 bridgehead atoms. The van der Waals surface area contributed by atoms with E-state index in [-0.39, 0.29) is 17.8 Å². The molecule has 2 aromatic rings. The number of nitrogens with zero attached hydrogens (tertiary/aromatic N) is 3. The molecule has 36 heavy (non-hydrogen) atoms. The summed E-state index contributed by atoms with van der Waals surface area (Å²) in [5, 5.41) is 9.08. The van der Waals surface area contributed by atoms with Gasteiger partial charge < -0.3 is 25.0 Å². The lowest BCUT2D eigenvalue weighted by molar-refractivity contribution is 0.0754. The Balaban J connectivity index is 1.32. The molecule has 2 unspecified atom stereocenters. The van der Waals surface area contributed by atoms with Crippen LogP contribution < -0.4 is 21.2 Å². The first-order chi connectivity index (χ1) is 17.4. The minimum Gasteiger partial charge on any atom is -0.386 e. The standard InChI is InChI=1S/C29H38FN5O/c1-18(2)33(3)29(36)25-10-23(30)4-5-27(25)35-17-26(24-6-7-31-13-28(24)35)20-8-21-15-34(16-22(21)9-20)14-19-11-32-12-19/h4-6,10,13,17-22,31-32H,7-9,11-12,14-16H2,1-3H3. The molecule has 1 aromatic carbocycles. The summed E-state index contributed by atoms with van der Waals surface area (Å²) in [6, 6.07) is 4.62. The molecule has 6 nitrogen and oxygen atoms in total. The van der Waals surface area contributed by atoms with Gasteiger partial charge in [0.2, 0.25) is 0 Å². The molecule has 2 N–H and O–H groups in total. The predicted molar refractivity (Wildman–Crippen MR) is 141 cm³/mol. The molecule has 2 atom stereocenters. The number of carbonyl (C=O) groups excluding carboxylic acids is 1. The minimum absolute atomic E-state index is 0.0299. The Morgan fingerprint density at radius 2 is 1.94 bits per heavy atom. The number of amides is 1. The highest BCUT2D eigenvalue weighted by atomic mass is 19.1. The van der Waals surface area contributed by atoms with Crippen LogP contribution >= 0.6 is 0 Å². The van der Waals surface area contributed by atoms with Gasteiger partial charge in [0.1, 0.15) is 5.82 Å². The van der Waals surface area contributed by atoms with E-state index in [1.54, 1.807) is 18.0 Å². The highest BCUT2D eigenvalue weighted by Gasteiger charge is 2.42. The number of hydrogen-bond acceptors (Lipinski definition) is 4. The van der Waals surface area contributed by atoms with Gasteiger partial charge in [0.25, 0.3) is 5.91 Å². The van der Waals surface area contributed by atoms with Crippen LogP contribution in [0, 0.1) is 23.6 Å². The summed E-state index contributed by atoms with van der Waals surface area (Å²) in [4.78, 5) is 17.7. The van der Waals surface area contributed by atoms with Crippen LogP contribution in [0.4, 0.5) is 4.39 Å². The maximum atomic E-state index is 14.3. The van der Waals surface area contributed by atoms with Gasteiger partial charge in [-0.3, -0.25) is 4.79 Å². The van der Waals surface area contributed by atoms with Gasteiger partial charge in [0.15, 0.2) is 0 Å². The van der Waals surface area contributed by atoms with Gasteiger partial charge in [-0.05, 0) is 74.1 Å². The van der Waals surface area contributed by atoms with Crippen molar-refractivity contribution in [3.05, 3.63) is 51.9 Å². The van der Waals surface area contributed by atoms with Crippen molar-refractivity contribution in [3.8, 4) is 5.69 Å². The molecular weight excluding hydrogens is 453 g/mol. The molecule has 0 spiro atoms. The Kier molecular flexibility index (Phi) is 6.16. The zero-order valence-electron chi connectivity index (χ0n) is 21.6. The fourth-order valence-corrected chi connectivity index (χ4v) is 6.72. The van der Waals surface area contributed by atoms with Gasteiger partial charge in [0.05, 0.1) is 16.6 Å². The van der Waals surface area contributed by atoms with Crippen LogP contribution in [0.25, 0.3) is 18.0 Å². The van der Waals surface area contributed by atoms with Crippen molar-refractivity contribution < 1.29 is 9.18 Å². The van der Waals surface area contributed by atoms with Gasteiger partial charge in [-0.25, -0.2) is 4.39 Å². The summed E-state index contributed by atoms with van der Waals surface area (Å²) < 4.78 is 16.4. The van der Waals surface area contributed by atoms with Crippen molar-refractivity contribution in [1.82, 2.24) is 25.0 Å². The van der Waals surface area contributed by atoms with Crippen LogP contribution in [0.15, 0.2) is 24.4 Å². The SMILES string of the molecule is CC(C)N(C)C(=O)c1cc(F)ccc1-n1cc(C2CC3CN(CC4CNC4)CC3C2)c2c1=CNCC=2. The Hall–Kier alpha value is -2.64. The molecule has 192 valence electrons. The summed E-state index contributed by atoms with van der Waals surface area (Å²) in [5.41, 5.74) is 2.52. The van der Waals surface area contributed by atoms with Crippen molar-refractivity contribution >= 4 is 18.2 Å². The lowest BCUT2D eigenvalue weighted by atomic mass is 9.96. The average molecular weight is 492 g/mol. The molecule has 3 fully saturated rings. The van der Waals surface area contributed by atoms with E-state index in [1.807, 2.05) is 20.0 Å². The number of likely N-dealkylation sites (tertiary alicyclic amines) is 1. The highest BCUT2D eigenvalue weighted by Crippen LogP contribution is 2.45. The lowest BCUT2D eigenvalue weighted by Crippen LogP contribution is -2.48. The smallest absolute Gasteiger partial charge is 0.256 e. The van der Waals surface area contributed by atoms with E-state index in [0.29, 0.717) is 11.5 Å². The molecule has 4 heterocycles. The number of benzene rings is 1. The quantitative estimate of drug-likeness (QED) is 0.648. The Morgan fingerprint density at radius 1 is 1.19 bits per heavy atom. The molecule has 4 aliphatic rings. The van der Waals surface area contributed by atoms with E-state index < -0.39 is 0 Å². The number of fused-ring (bicyclic) bond motifs is 2. The van der Waals surface area contributed by atoms with E-state index in [2.05, 4.69) is 32.4 Å². The van der Waals surface area contributed by atoms with E-state index in [9.17, 15) is 9.18 Å². The summed E-state index contributed by atoms with van der Waals surface area (Å²) in [5.74, 6) is 2.36. The zero-order valence-corrected chi connectivity index (χ0v) is 21.6. The van der Waals surface area contributed by atoms with Crippen molar-refractivity contribution in [2.45, 2.75) is 38.6 Å². The predicted octanol–water partition coefficient (Wildman–Crippen LogP) is 1.86. The van der Waals surface area contributed by atoms with E-state index in [1.165, 1.54) is 68.5 Å². The number of nitrogens with one attached hydrogen (secondary N) is 2. The van der Waals surface area contributed by atoms with Crippen LogP contribution in [-0.4, -0.2) is 72.6 Å². The number of halogens is 1. The normalized spacial score (nSPS) is 25.5. The molecule has 0 radical (unpaired) electrons. The third-order valence-corrected chi connectivity index (χ3v) is 8.97. The second kappa shape index (κ2) is 9.34. The van der Waals surface area contributed by atoms with Crippen LogP contribution in [0.1, 0.15) is 48.5 Å². The molecule has 7 heteroatoms. The van der Waals surface area contributed by atoms with Gasteiger partial charge in [-0.1, -0.05) is 6.08 Å². The number of carbonyl (C=O) groups is 1.